The zero-order valence-corrected chi connectivity index (χ0v) is 10.1. The largest absolute Gasteiger partial charge is 0.313 e. The van der Waals surface area contributed by atoms with Crippen molar-refractivity contribution in [3.8, 4) is 0 Å². The molecule has 1 aromatic carbocycles. The minimum absolute atomic E-state index is 0.202. The fourth-order valence-electron chi connectivity index (χ4n) is 1.53. The van der Waals surface area contributed by atoms with Gasteiger partial charge in [-0.05, 0) is 31.2 Å². The summed E-state index contributed by atoms with van der Waals surface area (Å²) in [5.74, 6) is -0.202. The average molecular weight is 260 g/mol. The monoisotopic (exact) mass is 259 g/mol. The highest BCUT2D eigenvalue weighted by molar-refractivity contribution is 9.10. The van der Waals surface area contributed by atoms with Gasteiger partial charge in [-0.3, -0.25) is 0 Å². The van der Waals surface area contributed by atoms with Crippen molar-refractivity contribution in [3.05, 3.63) is 34.1 Å². The van der Waals surface area contributed by atoms with Gasteiger partial charge in [0.1, 0.15) is 5.82 Å². The first-order valence-corrected chi connectivity index (χ1v) is 5.60. The van der Waals surface area contributed by atoms with E-state index in [-0.39, 0.29) is 5.82 Å². The molecular formula is C11H15BrFN. The molecule has 0 heterocycles. The first-order chi connectivity index (χ1) is 6.69. The highest BCUT2D eigenvalue weighted by Gasteiger charge is 2.11. The molecule has 14 heavy (non-hydrogen) atoms. The molecule has 0 aromatic heterocycles. The molecule has 3 heteroatoms. The Labute approximate surface area is 92.8 Å². The molecule has 0 bridgehead atoms. The van der Waals surface area contributed by atoms with E-state index in [1.54, 1.807) is 0 Å². The molecule has 0 radical (unpaired) electrons. The fraction of sp³-hybridized carbons (Fsp3) is 0.455. The molecule has 1 aromatic rings. The van der Waals surface area contributed by atoms with Crippen molar-refractivity contribution >= 4 is 15.9 Å². The molecule has 1 N–H and O–H groups in total. The van der Waals surface area contributed by atoms with Crippen molar-refractivity contribution in [3.63, 3.8) is 0 Å². The summed E-state index contributed by atoms with van der Waals surface area (Å²) in [7, 11) is 1.93. The van der Waals surface area contributed by atoms with E-state index in [1.807, 2.05) is 13.1 Å². The summed E-state index contributed by atoms with van der Waals surface area (Å²) >= 11 is 3.38. The molecule has 0 spiro atoms. The van der Waals surface area contributed by atoms with Gasteiger partial charge in [-0.25, -0.2) is 4.39 Å². The van der Waals surface area contributed by atoms with E-state index in [1.165, 1.54) is 12.1 Å². The Morgan fingerprint density at radius 2 is 2.21 bits per heavy atom. The third-order valence-electron chi connectivity index (χ3n) is 2.26. The molecule has 1 nitrogen and oxygen atoms in total. The molecule has 1 rings (SSSR count). The van der Waals surface area contributed by atoms with Gasteiger partial charge in [-0.2, -0.15) is 0 Å². The molecule has 0 aliphatic rings. The third kappa shape index (κ3) is 2.79. The van der Waals surface area contributed by atoms with Crippen LogP contribution in [0.2, 0.25) is 0 Å². The Kier molecular flexibility index (Phi) is 4.55. The first-order valence-electron chi connectivity index (χ1n) is 4.81. The number of benzene rings is 1. The van der Waals surface area contributed by atoms with Crippen LogP contribution in [0.5, 0.6) is 0 Å². The minimum atomic E-state index is -0.202. The van der Waals surface area contributed by atoms with Crippen LogP contribution in [0.4, 0.5) is 4.39 Å². The van der Waals surface area contributed by atoms with Gasteiger partial charge >= 0.3 is 0 Å². The average Bonchev–Trinajstić information content (AvgIpc) is 2.15. The summed E-state index contributed by atoms with van der Waals surface area (Å²) < 4.78 is 13.7. The topological polar surface area (TPSA) is 12.0 Å². The predicted octanol–water partition coefficient (Wildman–Crippen LogP) is 3.65. The third-order valence-corrected chi connectivity index (χ3v) is 2.95. The highest BCUT2D eigenvalue weighted by atomic mass is 79.9. The summed E-state index contributed by atoms with van der Waals surface area (Å²) in [4.78, 5) is 0. The Morgan fingerprint density at radius 1 is 1.50 bits per heavy atom. The lowest BCUT2D eigenvalue weighted by Gasteiger charge is -2.17. The molecule has 1 atom stereocenters. The van der Waals surface area contributed by atoms with Crippen molar-refractivity contribution in [2.75, 3.05) is 7.05 Å². The van der Waals surface area contributed by atoms with Crippen LogP contribution in [0.3, 0.4) is 0 Å². The van der Waals surface area contributed by atoms with E-state index in [0.29, 0.717) is 6.04 Å². The Morgan fingerprint density at radius 3 is 2.71 bits per heavy atom. The summed E-state index contributed by atoms with van der Waals surface area (Å²) in [5, 5.41) is 3.23. The molecule has 0 saturated heterocycles. The summed E-state index contributed by atoms with van der Waals surface area (Å²) in [6, 6.07) is 5.14. The Balaban J connectivity index is 2.92. The van der Waals surface area contributed by atoms with Gasteiger partial charge in [0.2, 0.25) is 0 Å². The maximum atomic E-state index is 12.9. The SMILES string of the molecule is CCCC(NC)c1ccc(F)cc1Br. The lowest BCUT2D eigenvalue weighted by atomic mass is 10.0. The van der Waals surface area contributed by atoms with Gasteiger partial charge in [-0.1, -0.05) is 35.3 Å². The van der Waals surface area contributed by atoms with Crippen LogP contribution in [-0.2, 0) is 0 Å². The molecule has 0 aliphatic carbocycles. The lowest BCUT2D eigenvalue weighted by molar-refractivity contribution is 0.537. The molecule has 78 valence electrons. The van der Waals surface area contributed by atoms with E-state index in [0.717, 1.165) is 22.9 Å². The van der Waals surface area contributed by atoms with E-state index in [4.69, 9.17) is 0 Å². The molecule has 0 aliphatic heterocycles. The van der Waals surface area contributed by atoms with Crippen molar-refractivity contribution in [2.24, 2.45) is 0 Å². The smallest absolute Gasteiger partial charge is 0.124 e. The highest BCUT2D eigenvalue weighted by Crippen LogP contribution is 2.26. The second-order valence-electron chi connectivity index (χ2n) is 3.30. The summed E-state index contributed by atoms with van der Waals surface area (Å²) in [5.41, 5.74) is 1.12. The zero-order chi connectivity index (χ0) is 10.6. The van der Waals surface area contributed by atoms with Crippen molar-refractivity contribution in [1.82, 2.24) is 5.32 Å². The van der Waals surface area contributed by atoms with Crippen molar-refractivity contribution < 1.29 is 4.39 Å². The van der Waals surface area contributed by atoms with E-state index in [2.05, 4.69) is 28.2 Å². The standard InChI is InChI=1S/C11H15BrFN/c1-3-4-11(14-2)9-6-5-8(13)7-10(9)12/h5-7,11,14H,3-4H2,1-2H3. The van der Waals surface area contributed by atoms with Gasteiger partial charge in [0.15, 0.2) is 0 Å². The van der Waals surface area contributed by atoms with Crippen LogP contribution in [0.25, 0.3) is 0 Å². The summed E-state index contributed by atoms with van der Waals surface area (Å²) in [6.07, 6.45) is 2.16. The maximum absolute atomic E-state index is 12.9. The van der Waals surface area contributed by atoms with Crippen molar-refractivity contribution in [1.29, 1.82) is 0 Å². The van der Waals surface area contributed by atoms with E-state index >= 15 is 0 Å². The van der Waals surface area contributed by atoms with E-state index in [9.17, 15) is 4.39 Å². The molecule has 1 unspecified atom stereocenters. The number of rotatable bonds is 4. The van der Waals surface area contributed by atoms with Gasteiger partial charge in [0.05, 0.1) is 0 Å². The molecule has 0 saturated carbocycles. The minimum Gasteiger partial charge on any atom is -0.313 e. The van der Waals surface area contributed by atoms with Gasteiger partial charge in [-0.15, -0.1) is 0 Å². The van der Waals surface area contributed by atoms with E-state index < -0.39 is 0 Å². The summed E-state index contributed by atoms with van der Waals surface area (Å²) in [6.45, 7) is 2.14. The molecule has 0 fully saturated rings. The number of hydrogen-bond donors (Lipinski definition) is 1. The van der Waals surface area contributed by atoms with Crippen LogP contribution < -0.4 is 5.32 Å². The van der Waals surface area contributed by atoms with Gasteiger partial charge in [0.25, 0.3) is 0 Å². The van der Waals surface area contributed by atoms with Crippen LogP contribution in [0, 0.1) is 5.82 Å². The first kappa shape index (κ1) is 11.7. The Hall–Kier alpha value is -0.410. The van der Waals surface area contributed by atoms with Gasteiger partial charge in [0, 0.05) is 10.5 Å². The van der Waals surface area contributed by atoms with Gasteiger partial charge < -0.3 is 5.32 Å². The molecule has 0 amide bonds. The predicted molar refractivity (Wildman–Crippen MR) is 60.8 cm³/mol. The zero-order valence-electron chi connectivity index (χ0n) is 8.48. The fourth-order valence-corrected chi connectivity index (χ4v) is 2.16. The second-order valence-corrected chi connectivity index (χ2v) is 4.15. The quantitative estimate of drug-likeness (QED) is 0.871. The molecular weight excluding hydrogens is 245 g/mol. The lowest BCUT2D eigenvalue weighted by Crippen LogP contribution is -2.16. The number of nitrogens with one attached hydrogen (secondary N) is 1. The number of halogens is 2. The normalized spacial score (nSPS) is 12.9. The van der Waals surface area contributed by atoms with Crippen LogP contribution in [0.15, 0.2) is 22.7 Å². The number of hydrogen-bond acceptors (Lipinski definition) is 1. The van der Waals surface area contributed by atoms with Crippen molar-refractivity contribution in [2.45, 2.75) is 25.8 Å². The van der Waals surface area contributed by atoms with Crippen LogP contribution >= 0.6 is 15.9 Å². The Bertz CT molecular complexity index is 301. The van der Waals surface area contributed by atoms with Crippen LogP contribution in [0.1, 0.15) is 31.4 Å². The maximum Gasteiger partial charge on any atom is 0.124 e. The van der Waals surface area contributed by atoms with Crippen LogP contribution in [-0.4, -0.2) is 7.05 Å². The second kappa shape index (κ2) is 5.47.